The summed E-state index contributed by atoms with van der Waals surface area (Å²) in [5.41, 5.74) is 5.30. The van der Waals surface area contributed by atoms with Crippen LogP contribution in [0.1, 0.15) is 26.2 Å². The highest BCUT2D eigenvalue weighted by molar-refractivity contribution is 5.79. The molecule has 0 saturated carbocycles. The van der Waals surface area contributed by atoms with E-state index in [0.29, 0.717) is 19.6 Å². The molecule has 0 aliphatic rings. The average Bonchev–Trinajstić information content (AvgIpc) is 2.17. The topological polar surface area (TPSA) is 77.1 Å². The number of nitrogens with zero attached hydrogens (tertiary/aromatic N) is 1. The number of hydrogen-bond donors (Lipinski definition) is 2. The Morgan fingerprint density at radius 1 is 1.50 bits per heavy atom. The lowest BCUT2D eigenvalue weighted by molar-refractivity contribution is 0.00791. The number of methoxy groups -OCH3 is 1. The highest BCUT2D eigenvalue weighted by atomic mass is 16.5. The zero-order chi connectivity index (χ0) is 10.8. The second-order valence-electron chi connectivity index (χ2n) is 3.19. The zero-order valence-electron chi connectivity index (χ0n) is 8.90. The lowest BCUT2D eigenvalue weighted by Crippen LogP contribution is -2.16. The zero-order valence-corrected chi connectivity index (χ0v) is 8.90. The van der Waals surface area contributed by atoms with Crippen LogP contribution in [0.25, 0.3) is 0 Å². The summed E-state index contributed by atoms with van der Waals surface area (Å²) in [4.78, 5) is 0. The molecule has 0 amide bonds. The van der Waals surface area contributed by atoms with E-state index in [1.807, 2.05) is 6.92 Å². The van der Waals surface area contributed by atoms with E-state index >= 15 is 0 Å². The highest BCUT2D eigenvalue weighted by Crippen LogP contribution is 1.98. The summed E-state index contributed by atoms with van der Waals surface area (Å²) in [6.45, 7) is 3.26. The maximum Gasteiger partial charge on any atom is 0.139 e. The van der Waals surface area contributed by atoms with E-state index in [-0.39, 0.29) is 11.9 Å². The van der Waals surface area contributed by atoms with Gasteiger partial charge in [-0.2, -0.15) is 0 Å². The van der Waals surface area contributed by atoms with E-state index in [1.165, 1.54) is 0 Å². The van der Waals surface area contributed by atoms with Gasteiger partial charge in [0.05, 0.1) is 12.7 Å². The van der Waals surface area contributed by atoms with Crippen LogP contribution in [0.3, 0.4) is 0 Å². The van der Waals surface area contributed by atoms with Gasteiger partial charge in [0.25, 0.3) is 0 Å². The van der Waals surface area contributed by atoms with Crippen molar-refractivity contribution >= 4 is 5.84 Å². The normalized spacial score (nSPS) is 14.3. The Hall–Kier alpha value is -0.810. The molecule has 3 N–H and O–H groups in total. The van der Waals surface area contributed by atoms with Crippen molar-refractivity contribution in [1.82, 2.24) is 0 Å². The van der Waals surface area contributed by atoms with Crippen molar-refractivity contribution < 1.29 is 14.7 Å². The number of unbranched alkanes of at least 4 members (excludes halogenated alkanes) is 1. The molecule has 14 heavy (non-hydrogen) atoms. The molecule has 1 unspecified atom stereocenters. The van der Waals surface area contributed by atoms with Crippen molar-refractivity contribution in [2.24, 2.45) is 10.9 Å². The fourth-order valence-corrected chi connectivity index (χ4v) is 1.03. The molecule has 5 heteroatoms. The van der Waals surface area contributed by atoms with Crippen LogP contribution in [0, 0.1) is 0 Å². The highest BCUT2D eigenvalue weighted by Gasteiger charge is 2.00. The maximum absolute atomic E-state index is 8.26. The van der Waals surface area contributed by atoms with Crippen LogP contribution in [-0.2, 0) is 9.47 Å². The molecule has 0 bridgehead atoms. The van der Waals surface area contributed by atoms with Gasteiger partial charge in [-0.25, -0.2) is 0 Å². The molecular formula is C9H20N2O3. The summed E-state index contributed by atoms with van der Waals surface area (Å²) in [6.07, 6.45) is 2.52. The van der Waals surface area contributed by atoms with Gasteiger partial charge in [0.15, 0.2) is 0 Å². The predicted octanol–water partition coefficient (Wildman–Crippen LogP) is 0.955. The van der Waals surface area contributed by atoms with Crippen LogP contribution in [0.2, 0.25) is 0 Å². The second-order valence-corrected chi connectivity index (χ2v) is 3.19. The van der Waals surface area contributed by atoms with Gasteiger partial charge in [0, 0.05) is 20.1 Å². The third-order valence-corrected chi connectivity index (χ3v) is 1.76. The van der Waals surface area contributed by atoms with E-state index in [2.05, 4.69) is 5.16 Å². The van der Waals surface area contributed by atoms with Crippen LogP contribution in [-0.4, -0.2) is 37.5 Å². The number of hydrogen-bond acceptors (Lipinski definition) is 4. The van der Waals surface area contributed by atoms with E-state index in [4.69, 9.17) is 20.4 Å². The van der Waals surface area contributed by atoms with Crippen LogP contribution in [0.15, 0.2) is 5.16 Å². The van der Waals surface area contributed by atoms with Crippen LogP contribution in [0.4, 0.5) is 0 Å². The van der Waals surface area contributed by atoms with Crippen molar-refractivity contribution in [2.45, 2.75) is 32.3 Å². The molecule has 5 nitrogen and oxygen atoms in total. The molecule has 0 saturated heterocycles. The molecule has 84 valence electrons. The minimum absolute atomic E-state index is 0.129. The quantitative estimate of drug-likeness (QED) is 0.203. The van der Waals surface area contributed by atoms with Gasteiger partial charge in [0.2, 0.25) is 0 Å². The van der Waals surface area contributed by atoms with Crippen LogP contribution < -0.4 is 5.73 Å². The monoisotopic (exact) mass is 204 g/mol. The Morgan fingerprint density at radius 2 is 2.21 bits per heavy atom. The molecule has 0 fully saturated rings. The Kier molecular flexibility index (Phi) is 8.27. The van der Waals surface area contributed by atoms with E-state index in [9.17, 15) is 0 Å². The standard InChI is InChI=1S/C9H20N2O3/c1-8(7-13-2)14-6-4-3-5-9(10)11-12/h8,12H,3-7H2,1-2H3,(H2,10,11). The summed E-state index contributed by atoms with van der Waals surface area (Å²) in [7, 11) is 1.65. The molecule has 0 aliphatic heterocycles. The Morgan fingerprint density at radius 3 is 2.79 bits per heavy atom. The number of ether oxygens (including phenoxy) is 2. The average molecular weight is 204 g/mol. The SMILES string of the molecule is COCC(C)OCCCCC(N)=NO. The Balaban J connectivity index is 3.21. The molecule has 0 rings (SSSR count). The van der Waals surface area contributed by atoms with Gasteiger partial charge in [-0.3, -0.25) is 0 Å². The molecule has 0 aromatic heterocycles. The fourth-order valence-electron chi connectivity index (χ4n) is 1.03. The molecule has 0 heterocycles. The van der Waals surface area contributed by atoms with Gasteiger partial charge >= 0.3 is 0 Å². The van der Waals surface area contributed by atoms with Gasteiger partial charge in [-0.1, -0.05) is 5.16 Å². The predicted molar refractivity (Wildman–Crippen MR) is 54.5 cm³/mol. The van der Waals surface area contributed by atoms with E-state index in [0.717, 1.165) is 12.8 Å². The lowest BCUT2D eigenvalue weighted by atomic mass is 10.2. The Bertz CT molecular complexity index is 162. The Labute approximate surface area is 84.9 Å². The molecule has 0 aromatic carbocycles. The van der Waals surface area contributed by atoms with E-state index < -0.39 is 0 Å². The molecule has 0 spiro atoms. The number of rotatable bonds is 8. The van der Waals surface area contributed by atoms with Crippen LogP contribution in [0.5, 0.6) is 0 Å². The van der Waals surface area contributed by atoms with Crippen LogP contribution >= 0.6 is 0 Å². The van der Waals surface area contributed by atoms with Gasteiger partial charge in [0.1, 0.15) is 5.84 Å². The summed E-state index contributed by atoms with van der Waals surface area (Å²) < 4.78 is 10.3. The van der Waals surface area contributed by atoms with Gasteiger partial charge in [-0.05, 0) is 19.8 Å². The second kappa shape index (κ2) is 8.77. The number of nitrogens with two attached hydrogens (primary N) is 1. The molecule has 1 atom stereocenters. The number of amidine groups is 1. The van der Waals surface area contributed by atoms with Crippen molar-refractivity contribution in [1.29, 1.82) is 0 Å². The van der Waals surface area contributed by atoms with Crippen molar-refractivity contribution in [3.05, 3.63) is 0 Å². The molecule has 0 radical (unpaired) electrons. The summed E-state index contributed by atoms with van der Waals surface area (Å²) >= 11 is 0. The third kappa shape index (κ3) is 7.82. The summed E-state index contributed by atoms with van der Waals surface area (Å²) in [5.74, 6) is 0.273. The smallest absolute Gasteiger partial charge is 0.139 e. The summed E-state index contributed by atoms with van der Waals surface area (Å²) in [6, 6.07) is 0. The lowest BCUT2D eigenvalue weighted by Gasteiger charge is -2.11. The van der Waals surface area contributed by atoms with Crippen molar-refractivity contribution in [2.75, 3.05) is 20.3 Å². The van der Waals surface area contributed by atoms with Gasteiger partial charge < -0.3 is 20.4 Å². The van der Waals surface area contributed by atoms with Crippen molar-refractivity contribution in [3.63, 3.8) is 0 Å². The number of oxime groups is 1. The first kappa shape index (κ1) is 13.2. The van der Waals surface area contributed by atoms with E-state index in [1.54, 1.807) is 7.11 Å². The summed E-state index contributed by atoms with van der Waals surface area (Å²) in [5, 5.41) is 11.1. The first-order valence-electron chi connectivity index (χ1n) is 4.77. The fraction of sp³-hybridized carbons (Fsp3) is 0.889. The minimum Gasteiger partial charge on any atom is -0.409 e. The maximum atomic E-state index is 8.26. The van der Waals surface area contributed by atoms with Crippen molar-refractivity contribution in [3.8, 4) is 0 Å². The molecule has 0 aromatic rings. The third-order valence-electron chi connectivity index (χ3n) is 1.76. The molecular weight excluding hydrogens is 184 g/mol. The first-order valence-corrected chi connectivity index (χ1v) is 4.77. The largest absolute Gasteiger partial charge is 0.409 e. The molecule has 0 aliphatic carbocycles. The van der Waals surface area contributed by atoms with Gasteiger partial charge in [-0.15, -0.1) is 0 Å². The first-order chi connectivity index (χ1) is 6.70. The minimum atomic E-state index is 0.129.